The van der Waals surface area contributed by atoms with Gasteiger partial charge in [-0.15, -0.1) is 0 Å². The van der Waals surface area contributed by atoms with Crippen molar-refractivity contribution in [2.45, 2.75) is 18.9 Å². The van der Waals surface area contributed by atoms with Gasteiger partial charge in [0.25, 0.3) is 5.91 Å². The van der Waals surface area contributed by atoms with E-state index in [0.29, 0.717) is 11.1 Å². The number of hydrogen-bond donors (Lipinski definition) is 2. The zero-order valence-electron chi connectivity index (χ0n) is 12.6. The third kappa shape index (κ3) is 3.53. The Balaban J connectivity index is 1.80. The second kappa shape index (κ2) is 5.69. The summed E-state index contributed by atoms with van der Waals surface area (Å²) in [5, 5.41) is 3.67. The van der Waals surface area contributed by atoms with E-state index in [4.69, 9.17) is 0 Å². The lowest BCUT2D eigenvalue weighted by Crippen LogP contribution is -2.23. The topological polar surface area (TPSA) is 101 Å². The van der Waals surface area contributed by atoms with Crippen molar-refractivity contribution in [2.24, 2.45) is 0 Å². The number of fused-ring (bicyclic) bond motifs is 1. The van der Waals surface area contributed by atoms with Gasteiger partial charge in [0.2, 0.25) is 0 Å². The molecule has 3 rings (SSSR count). The number of carbonyl (C=O) groups excluding carboxylic acids is 1. The van der Waals surface area contributed by atoms with Crippen molar-refractivity contribution in [3.63, 3.8) is 0 Å². The number of nitrogens with zero attached hydrogens (tertiary/aromatic N) is 1. The highest BCUT2D eigenvalue weighted by Gasteiger charge is 2.27. The van der Waals surface area contributed by atoms with Gasteiger partial charge in [-0.1, -0.05) is 6.08 Å². The van der Waals surface area contributed by atoms with Crippen LogP contribution in [0.1, 0.15) is 29.2 Å². The van der Waals surface area contributed by atoms with Crippen molar-refractivity contribution in [1.29, 1.82) is 0 Å². The lowest BCUT2D eigenvalue weighted by atomic mass is 10.2. The lowest BCUT2D eigenvalue weighted by Gasteiger charge is -2.04. The van der Waals surface area contributed by atoms with Gasteiger partial charge in [-0.2, -0.15) is 0 Å². The normalized spacial score (nSPS) is 15.3. The fourth-order valence-electron chi connectivity index (χ4n) is 2.43. The summed E-state index contributed by atoms with van der Waals surface area (Å²) in [4.78, 5) is 26.9. The molecule has 0 atom stereocenters. The molecule has 122 valence electrons. The standard InChI is InChI=1S/C15H17N3O4S/c1-23(21,22)8-2-7-16-14(19)10-3-6-12-13(9-10)18(11-4-5-11)15(20)17-12/h2-3,6,8-9,11H,4-5,7H2,1H3,(H,16,19)(H,17,20)/b8-2+. The summed E-state index contributed by atoms with van der Waals surface area (Å²) in [6.07, 6.45) is 4.41. The summed E-state index contributed by atoms with van der Waals surface area (Å²) >= 11 is 0. The largest absolute Gasteiger partial charge is 0.349 e. The third-order valence-corrected chi connectivity index (χ3v) is 4.30. The number of sulfone groups is 1. The highest BCUT2D eigenvalue weighted by atomic mass is 32.2. The minimum atomic E-state index is -3.20. The molecule has 1 amide bonds. The maximum atomic E-state index is 12.1. The van der Waals surface area contributed by atoms with E-state index in [0.717, 1.165) is 30.0 Å². The van der Waals surface area contributed by atoms with Crippen LogP contribution in [0, 0.1) is 0 Å². The number of amides is 1. The lowest BCUT2D eigenvalue weighted by molar-refractivity contribution is 0.0958. The van der Waals surface area contributed by atoms with Crippen molar-refractivity contribution in [2.75, 3.05) is 12.8 Å². The zero-order chi connectivity index (χ0) is 16.6. The highest BCUT2D eigenvalue weighted by Crippen LogP contribution is 2.35. The maximum Gasteiger partial charge on any atom is 0.326 e. The number of rotatable bonds is 5. The molecule has 8 heteroatoms. The molecule has 0 radical (unpaired) electrons. The van der Waals surface area contributed by atoms with E-state index in [1.54, 1.807) is 22.8 Å². The zero-order valence-corrected chi connectivity index (χ0v) is 13.4. The molecule has 1 aromatic heterocycles. The van der Waals surface area contributed by atoms with Crippen LogP contribution in [0.5, 0.6) is 0 Å². The van der Waals surface area contributed by atoms with Gasteiger partial charge in [-0.25, -0.2) is 13.2 Å². The molecule has 0 bridgehead atoms. The Labute approximate surface area is 132 Å². The van der Waals surface area contributed by atoms with E-state index in [1.165, 1.54) is 6.08 Å². The van der Waals surface area contributed by atoms with Gasteiger partial charge in [0.15, 0.2) is 9.84 Å². The summed E-state index contributed by atoms with van der Waals surface area (Å²) < 4.78 is 23.6. The molecule has 0 saturated heterocycles. The first-order valence-electron chi connectivity index (χ1n) is 7.24. The fourth-order valence-corrected chi connectivity index (χ4v) is 2.88. The summed E-state index contributed by atoms with van der Waals surface area (Å²) in [5.74, 6) is -0.318. The minimum Gasteiger partial charge on any atom is -0.349 e. The number of carbonyl (C=O) groups is 1. The highest BCUT2D eigenvalue weighted by molar-refractivity contribution is 7.93. The molecule has 23 heavy (non-hydrogen) atoms. The molecular formula is C15H17N3O4S. The number of aromatic amines is 1. The van der Waals surface area contributed by atoms with E-state index in [2.05, 4.69) is 10.3 Å². The molecule has 1 heterocycles. The Morgan fingerprint density at radius 1 is 1.43 bits per heavy atom. The van der Waals surface area contributed by atoms with E-state index < -0.39 is 9.84 Å². The molecule has 0 unspecified atom stereocenters. The van der Waals surface area contributed by atoms with Crippen LogP contribution in [0.2, 0.25) is 0 Å². The van der Waals surface area contributed by atoms with Gasteiger partial charge >= 0.3 is 5.69 Å². The molecule has 7 nitrogen and oxygen atoms in total. The molecular weight excluding hydrogens is 318 g/mol. The van der Waals surface area contributed by atoms with E-state index in [9.17, 15) is 18.0 Å². The van der Waals surface area contributed by atoms with Crippen molar-refractivity contribution in [1.82, 2.24) is 14.9 Å². The molecule has 1 aromatic carbocycles. The van der Waals surface area contributed by atoms with Crippen molar-refractivity contribution >= 4 is 26.8 Å². The Morgan fingerprint density at radius 3 is 2.83 bits per heavy atom. The average Bonchev–Trinajstić information content (AvgIpc) is 3.24. The smallest absolute Gasteiger partial charge is 0.326 e. The fraction of sp³-hybridized carbons (Fsp3) is 0.333. The first-order chi connectivity index (χ1) is 10.8. The number of H-pyrrole nitrogens is 1. The number of imidazole rings is 1. The van der Waals surface area contributed by atoms with Gasteiger partial charge in [-0.3, -0.25) is 9.36 Å². The second-order valence-electron chi connectivity index (χ2n) is 5.67. The number of aromatic nitrogens is 2. The number of hydrogen-bond acceptors (Lipinski definition) is 4. The van der Waals surface area contributed by atoms with Gasteiger partial charge in [-0.05, 0) is 31.0 Å². The summed E-state index contributed by atoms with van der Waals surface area (Å²) in [6.45, 7) is 0.118. The van der Waals surface area contributed by atoms with Crippen LogP contribution >= 0.6 is 0 Å². The molecule has 1 fully saturated rings. The van der Waals surface area contributed by atoms with Crippen LogP contribution in [0.15, 0.2) is 34.5 Å². The van der Waals surface area contributed by atoms with Gasteiger partial charge < -0.3 is 10.3 Å². The number of nitrogens with one attached hydrogen (secondary N) is 2. The Morgan fingerprint density at radius 2 is 2.17 bits per heavy atom. The van der Waals surface area contributed by atoms with Crippen LogP contribution in [0.4, 0.5) is 0 Å². The van der Waals surface area contributed by atoms with Crippen LogP contribution < -0.4 is 11.0 Å². The van der Waals surface area contributed by atoms with Gasteiger partial charge in [0.05, 0.1) is 11.0 Å². The molecule has 0 aliphatic heterocycles. The predicted octanol–water partition coefficient (Wildman–Crippen LogP) is 0.953. The minimum absolute atomic E-state index is 0.118. The van der Waals surface area contributed by atoms with Crippen molar-refractivity contribution < 1.29 is 13.2 Å². The molecule has 2 N–H and O–H groups in total. The van der Waals surface area contributed by atoms with Crippen LogP contribution in [-0.4, -0.2) is 36.7 Å². The van der Waals surface area contributed by atoms with E-state index in [1.807, 2.05) is 0 Å². The Hall–Kier alpha value is -2.35. The van der Waals surface area contributed by atoms with Crippen molar-refractivity contribution in [3.05, 3.63) is 45.7 Å². The summed E-state index contributed by atoms with van der Waals surface area (Å²) in [7, 11) is -3.20. The van der Waals surface area contributed by atoms with Gasteiger partial charge in [0, 0.05) is 29.8 Å². The molecule has 1 aliphatic carbocycles. The summed E-state index contributed by atoms with van der Waals surface area (Å²) in [6, 6.07) is 5.23. The first-order valence-corrected chi connectivity index (χ1v) is 9.20. The SMILES string of the molecule is CS(=O)(=O)/C=C/CNC(=O)c1ccc2[nH]c(=O)n(C3CC3)c2c1. The predicted molar refractivity (Wildman–Crippen MR) is 87.1 cm³/mol. The average molecular weight is 335 g/mol. The Kier molecular flexibility index (Phi) is 3.85. The van der Waals surface area contributed by atoms with Gasteiger partial charge in [0.1, 0.15) is 0 Å². The van der Waals surface area contributed by atoms with Crippen LogP contribution in [0.3, 0.4) is 0 Å². The molecule has 0 spiro atoms. The van der Waals surface area contributed by atoms with Crippen LogP contribution in [0.25, 0.3) is 11.0 Å². The molecule has 2 aromatic rings. The van der Waals surface area contributed by atoms with Crippen LogP contribution in [-0.2, 0) is 9.84 Å². The quantitative estimate of drug-likeness (QED) is 0.849. The molecule has 1 aliphatic rings. The second-order valence-corrected chi connectivity index (χ2v) is 7.61. The Bertz CT molecular complexity index is 949. The monoisotopic (exact) mass is 335 g/mol. The van der Waals surface area contributed by atoms with Crippen molar-refractivity contribution in [3.8, 4) is 0 Å². The van der Waals surface area contributed by atoms with E-state index >= 15 is 0 Å². The maximum absolute atomic E-state index is 12.1. The van der Waals surface area contributed by atoms with E-state index in [-0.39, 0.29) is 24.2 Å². The summed E-state index contributed by atoms with van der Waals surface area (Å²) in [5.41, 5.74) is 1.70. The molecule has 1 saturated carbocycles. The first kappa shape index (κ1) is 15.5. The number of benzene rings is 1. The third-order valence-electron chi connectivity index (χ3n) is 3.62.